The number of rotatable bonds is 8. The lowest BCUT2D eigenvalue weighted by Gasteiger charge is -2.30. The minimum atomic E-state index is -0.656. The average molecular weight is 465 g/mol. The fraction of sp³-hybridized carbons (Fsp3) is 0.385. The zero-order valence-corrected chi connectivity index (χ0v) is 19.2. The molecule has 1 atom stereocenters. The largest absolute Gasteiger partial charge is 0.494 e. The fourth-order valence-electron chi connectivity index (χ4n) is 4.35. The number of hydrogen-bond donors (Lipinski definition) is 0. The number of hydrogen-bond acceptors (Lipinski definition) is 7. The van der Waals surface area contributed by atoms with E-state index in [-0.39, 0.29) is 29.6 Å². The number of anilines is 1. The van der Waals surface area contributed by atoms with E-state index in [1.807, 2.05) is 6.92 Å². The van der Waals surface area contributed by atoms with E-state index in [1.165, 1.54) is 17.0 Å². The zero-order chi connectivity index (χ0) is 24.1. The zero-order valence-electron chi connectivity index (χ0n) is 19.2. The molecule has 1 unspecified atom stereocenters. The van der Waals surface area contributed by atoms with Gasteiger partial charge < -0.3 is 9.47 Å². The van der Waals surface area contributed by atoms with Crippen LogP contribution >= 0.6 is 0 Å². The molecule has 0 N–H and O–H groups in total. The van der Waals surface area contributed by atoms with Crippen LogP contribution in [-0.2, 0) is 14.3 Å². The summed E-state index contributed by atoms with van der Waals surface area (Å²) in [5.41, 5.74) is 1.08. The number of likely N-dealkylation sites (tertiary alicyclic amines) is 1. The lowest BCUT2D eigenvalue weighted by Crippen LogP contribution is -2.44. The number of piperidine rings is 1. The summed E-state index contributed by atoms with van der Waals surface area (Å²) in [5.74, 6) is -0.783. The molecular weight excluding hydrogens is 436 g/mol. The number of carbonyl (C=O) groups is 4. The normalized spacial score (nSPS) is 18.7. The van der Waals surface area contributed by atoms with Crippen LogP contribution in [0.1, 0.15) is 53.3 Å². The standard InChI is InChI=1S/C26H28N2O6/c1-2-33-21-12-8-18(9-13-21)23(29)17-34-26(32)19-6-10-20(11-7-19)28-24(30)16-22(25(28)31)27-14-4-3-5-15-27/h6-13,22H,2-5,14-17H2,1H3. The second-order valence-corrected chi connectivity index (χ2v) is 8.39. The highest BCUT2D eigenvalue weighted by Gasteiger charge is 2.42. The number of ketones is 1. The van der Waals surface area contributed by atoms with Gasteiger partial charge in [0.25, 0.3) is 5.91 Å². The van der Waals surface area contributed by atoms with Crippen molar-refractivity contribution in [3.63, 3.8) is 0 Å². The van der Waals surface area contributed by atoms with Gasteiger partial charge in [0.2, 0.25) is 5.91 Å². The van der Waals surface area contributed by atoms with Crippen molar-refractivity contribution >= 4 is 29.3 Å². The van der Waals surface area contributed by atoms with Crippen LogP contribution in [0, 0.1) is 0 Å². The molecule has 2 aromatic rings. The van der Waals surface area contributed by atoms with Crippen molar-refractivity contribution in [1.29, 1.82) is 0 Å². The summed E-state index contributed by atoms with van der Waals surface area (Å²) < 4.78 is 10.5. The van der Waals surface area contributed by atoms with Gasteiger partial charge in [-0.1, -0.05) is 6.42 Å². The molecule has 178 valence electrons. The van der Waals surface area contributed by atoms with Crippen LogP contribution in [0.25, 0.3) is 0 Å². The molecule has 2 aromatic carbocycles. The van der Waals surface area contributed by atoms with E-state index in [0.29, 0.717) is 23.6 Å². The molecule has 2 heterocycles. The molecule has 0 spiro atoms. The lowest BCUT2D eigenvalue weighted by atomic mass is 10.1. The number of nitrogens with zero attached hydrogens (tertiary/aromatic N) is 2. The van der Waals surface area contributed by atoms with Crippen LogP contribution < -0.4 is 9.64 Å². The topological polar surface area (TPSA) is 93.2 Å². The van der Waals surface area contributed by atoms with E-state index in [9.17, 15) is 19.2 Å². The highest BCUT2D eigenvalue weighted by Crippen LogP contribution is 2.27. The third-order valence-electron chi connectivity index (χ3n) is 6.14. The van der Waals surface area contributed by atoms with E-state index in [4.69, 9.17) is 9.47 Å². The first-order valence-electron chi connectivity index (χ1n) is 11.6. The maximum Gasteiger partial charge on any atom is 0.338 e. The molecule has 0 radical (unpaired) electrons. The summed E-state index contributed by atoms with van der Waals surface area (Å²) >= 11 is 0. The minimum absolute atomic E-state index is 0.177. The molecule has 0 aliphatic carbocycles. The predicted molar refractivity (Wildman–Crippen MR) is 125 cm³/mol. The third kappa shape index (κ3) is 5.17. The Kier molecular flexibility index (Phi) is 7.37. The molecule has 2 amide bonds. The van der Waals surface area contributed by atoms with E-state index in [0.717, 1.165) is 32.4 Å². The summed E-state index contributed by atoms with van der Waals surface area (Å²) in [6, 6.07) is 12.3. The van der Waals surface area contributed by atoms with E-state index < -0.39 is 18.6 Å². The smallest absolute Gasteiger partial charge is 0.338 e. The summed E-state index contributed by atoms with van der Waals surface area (Å²) in [6.45, 7) is 3.67. The Morgan fingerprint density at radius 1 is 0.912 bits per heavy atom. The number of amides is 2. The minimum Gasteiger partial charge on any atom is -0.494 e. The number of esters is 1. The van der Waals surface area contributed by atoms with Crippen LogP contribution in [0.15, 0.2) is 48.5 Å². The Morgan fingerprint density at radius 2 is 1.56 bits per heavy atom. The van der Waals surface area contributed by atoms with Gasteiger partial charge in [-0.2, -0.15) is 0 Å². The molecule has 2 aliphatic rings. The van der Waals surface area contributed by atoms with Gasteiger partial charge in [0.05, 0.1) is 30.3 Å². The van der Waals surface area contributed by atoms with E-state index >= 15 is 0 Å². The van der Waals surface area contributed by atoms with Crippen LogP contribution in [0.2, 0.25) is 0 Å². The Labute approximate surface area is 198 Å². The van der Waals surface area contributed by atoms with Gasteiger partial charge in [-0.05, 0) is 81.4 Å². The number of carbonyl (C=O) groups excluding carboxylic acids is 4. The van der Waals surface area contributed by atoms with Crippen molar-refractivity contribution in [3.05, 3.63) is 59.7 Å². The van der Waals surface area contributed by atoms with Gasteiger partial charge in [0, 0.05) is 5.56 Å². The molecule has 2 saturated heterocycles. The first-order valence-corrected chi connectivity index (χ1v) is 11.6. The van der Waals surface area contributed by atoms with E-state index in [2.05, 4.69) is 4.90 Å². The number of imide groups is 1. The van der Waals surface area contributed by atoms with Gasteiger partial charge in [0.15, 0.2) is 12.4 Å². The number of benzene rings is 2. The molecule has 8 heteroatoms. The van der Waals surface area contributed by atoms with Crippen molar-refractivity contribution in [1.82, 2.24) is 4.90 Å². The van der Waals surface area contributed by atoms with Crippen molar-refractivity contribution in [2.45, 2.75) is 38.6 Å². The number of Topliss-reactive ketones (excluding diaryl/α,β-unsaturated/α-hetero) is 1. The molecule has 34 heavy (non-hydrogen) atoms. The summed E-state index contributed by atoms with van der Waals surface area (Å²) in [4.78, 5) is 53.5. The second kappa shape index (κ2) is 10.6. The monoisotopic (exact) mass is 464 g/mol. The molecule has 2 fully saturated rings. The van der Waals surface area contributed by atoms with Crippen molar-refractivity contribution in [2.75, 3.05) is 31.2 Å². The molecule has 0 bridgehead atoms. The van der Waals surface area contributed by atoms with Gasteiger partial charge in [0.1, 0.15) is 5.75 Å². The Morgan fingerprint density at radius 3 is 2.21 bits per heavy atom. The molecule has 0 saturated carbocycles. The van der Waals surface area contributed by atoms with Crippen LogP contribution in [0.3, 0.4) is 0 Å². The average Bonchev–Trinajstić information content (AvgIpc) is 3.17. The Balaban J connectivity index is 1.34. The number of ether oxygens (including phenoxy) is 2. The van der Waals surface area contributed by atoms with Gasteiger partial charge in [-0.25, -0.2) is 9.69 Å². The maximum absolute atomic E-state index is 12.9. The first kappa shape index (κ1) is 23.6. The summed E-state index contributed by atoms with van der Waals surface area (Å²) in [6.07, 6.45) is 3.40. The lowest BCUT2D eigenvalue weighted by molar-refractivity contribution is -0.123. The van der Waals surface area contributed by atoms with Crippen molar-refractivity contribution in [3.8, 4) is 5.75 Å². The highest BCUT2D eigenvalue weighted by atomic mass is 16.5. The highest BCUT2D eigenvalue weighted by molar-refractivity contribution is 6.22. The van der Waals surface area contributed by atoms with Gasteiger partial charge >= 0.3 is 5.97 Å². The maximum atomic E-state index is 12.9. The Bertz CT molecular complexity index is 1060. The fourth-order valence-corrected chi connectivity index (χ4v) is 4.35. The van der Waals surface area contributed by atoms with Crippen molar-refractivity contribution in [2.24, 2.45) is 0 Å². The third-order valence-corrected chi connectivity index (χ3v) is 6.14. The van der Waals surface area contributed by atoms with E-state index in [1.54, 1.807) is 36.4 Å². The van der Waals surface area contributed by atoms with Crippen LogP contribution in [-0.4, -0.2) is 60.8 Å². The molecule has 4 rings (SSSR count). The quantitative estimate of drug-likeness (QED) is 0.336. The SMILES string of the molecule is CCOc1ccc(C(=O)COC(=O)c2ccc(N3C(=O)CC(N4CCCCC4)C3=O)cc2)cc1. The van der Waals surface area contributed by atoms with Gasteiger partial charge in [-0.15, -0.1) is 0 Å². The Hall–Kier alpha value is -3.52. The summed E-state index contributed by atoms with van der Waals surface area (Å²) in [7, 11) is 0. The second-order valence-electron chi connectivity index (χ2n) is 8.39. The molecule has 0 aromatic heterocycles. The van der Waals surface area contributed by atoms with Crippen LogP contribution in [0.4, 0.5) is 5.69 Å². The van der Waals surface area contributed by atoms with Gasteiger partial charge in [-0.3, -0.25) is 19.3 Å². The summed E-state index contributed by atoms with van der Waals surface area (Å²) in [5, 5.41) is 0. The molecular formula is C26H28N2O6. The van der Waals surface area contributed by atoms with Crippen LogP contribution in [0.5, 0.6) is 5.75 Å². The molecule has 8 nitrogen and oxygen atoms in total. The predicted octanol–water partition coefficient (Wildman–Crippen LogP) is 3.24. The first-order chi connectivity index (χ1) is 16.5. The van der Waals surface area contributed by atoms with Crippen molar-refractivity contribution < 1.29 is 28.7 Å². The molecule has 2 aliphatic heterocycles.